The highest BCUT2D eigenvalue weighted by molar-refractivity contribution is 5.86. The molecule has 0 aliphatic heterocycles. The third kappa shape index (κ3) is 4.73. The van der Waals surface area contributed by atoms with Crippen LogP contribution in [-0.2, 0) is 22.5 Å². The fourth-order valence-corrected chi connectivity index (χ4v) is 2.07. The molecule has 120 valence electrons. The molecule has 0 unspecified atom stereocenters. The van der Waals surface area contributed by atoms with Gasteiger partial charge < -0.3 is 14.6 Å². The zero-order valence-corrected chi connectivity index (χ0v) is 12.5. The van der Waals surface area contributed by atoms with Gasteiger partial charge in [0.25, 0.3) is 0 Å². The number of nitrogens with one attached hydrogen (secondary N) is 1. The second-order valence-corrected chi connectivity index (χ2v) is 4.85. The monoisotopic (exact) mass is 316 g/mol. The summed E-state index contributed by atoms with van der Waals surface area (Å²) in [5.74, 6) is -0.979. The van der Waals surface area contributed by atoms with Crippen molar-refractivity contribution < 1.29 is 14.3 Å². The van der Waals surface area contributed by atoms with E-state index in [9.17, 15) is 14.5 Å². The van der Waals surface area contributed by atoms with Crippen LogP contribution in [0.5, 0.6) is 0 Å². The summed E-state index contributed by atoms with van der Waals surface area (Å²) >= 11 is 0. The number of ether oxygens (including phenoxy) is 1. The van der Waals surface area contributed by atoms with Crippen LogP contribution in [0, 0.1) is 4.91 Å². The first-order valence-electron chi connectivity index (χ1n) is 6.88. The quantitative estimate of drug-likeness (QED) is 0.813. The molecule has 23 heavy (non-hydrogen) atoms. The molecule has 0 aliphatic rings. The first-order chi connectivity index (χ1) is 11.1. The number of methoxy groups -OCH3 is 1. The van der Waals surface area contributed by atoms with Gasteiger partial charge in [0.1, 0.15) is 6.04 Å². The van der Waals surface area contributed by atoms with Crippen molar-refractivity contribution in [2.45, 2.75) is 19.0 Å². The lowest BCUT2D eigenvalue weighted by molar-refractivity contribution is -0.119. The number of nitroso groups, excluding NO2 is 1. The number of benzene rings is 1. The van der Waals surface area contributed by atoms with E-state index in [4.69, 9.17) is 0 Å². The maximum atomic E-state index is 11.5. The summed E-state index contributed by atoms with van der Waals surface area (Å²) in [6.45, 7) is 0.628. The number of hydrogen-bond donors (Lipinski definition) is 1. The van der Waals surface area contributed by atoms with Crippen LogP contribution in [0.2, 0.25) is 0 Å². The van der Waals surface area contributed by atoms with E-state index in [-0.39, 0.29) is 6.42 Å². The van der Waals surface area contributed by atoms with E-state index in [1.807, 2.05) is 34.9 Å². The number of rotatable bonds is 6. The lowest BCUT2D eigenvalue weighted by Gasteiger charge is -2.11. The van der Waals surface area contributed by atoms with Gasteiger partial charge in [0, 0.05) is 24.3 Å². The second kappa shape index (κ2) is 7.83. The number of alkyl carbamates (subject to hydrolysis) is 1. The van der Waals surface area contributed by atoms with Crippen molar-refractivity contribution in [3.8, 4) is 0 Å². The van der Waals surface area contributed by atoms with Crippen LogP contribution < -0.4 is 5.32 Å². The molecule has 1 atom stereocenters. The molecule has 0 fully saturated rings. The number of aromatic nitrogens is 2. The fourth-order valence-electron chi connectivity index (χ4n) is 2.07. The van der Waals surface area contributed by atoms with Crippen molar-refractivity contribution in [2.75, 3.05) is 7.11 Å². The molecule has 0 saturated carbocycles. The summed E-state index contributed by atoms with van der Waals surface area (Å²) in [6.07, 6.45) is 2.62. The molecule has 0 saturated heterocycles. The third-order valence-electron chi connectivity index (χ3n) is 3.17. The number of carbonyl (C=O) groups excluding carboxylic acids is 2. The van der Waals surface area contributed by atoms with Gasteiger partial charge in [-0.3, -0.25) is 4.79 Å². The van der Waals surface area contributed by atoms with E-state index >= 15 is 0 Å². The summed E-state index contributed by atoms with van der Waals surface area (Å²) in [7, 11) is 1.17. The van der Waals surface area contributed by atoms with Crippen molar-refractivity contribution in [1.82, 2.24) is 14.9 Å². The highest BCUT2D eigenvalue weighted by Gasteiger charge is 2.23. The Balaban J connectivity index is 2.04. The summed E-state index contributed by atoms with van der Waals surface area (Å²) in [6, 6.07) is 8.70. The predicted octanol–water partition coefficient (Wildman–Crippen LogP) is 1.49. The molecule has 2 aromatic rings. The Kier molecular flexibility index (Phi) is 5.56. The number of carbonyl (C=O) groups is 2. The Bertz CT molecular complexity index is 684. The third-order valence-corrected chi connectivity index (χ3v) is 3.17. The van der Waals surface area contributed by atoms with Crippen LogP contribution in [0.25, 0.3) is 0 Å². The molecule has 1 aromatic heterocycles. The van der Waals surface area contributed by atoms with Gasteiger partial charge in [0.15, 0.2) is 0 Å². The van der Waals surface area contributed by atoms with Gasteiger partial charge in [-0.25, -0.2) is 9.78 Å². The summed E-state index contributed by atoms with van der Waals surface area (Å²) < 4.78 is 6.27. The van der Waals surface area contributed by atoms with Gasteiger partial charge in [-0.05, 0) is 5.56 Å². The lowest BCUT2D eigenvalue weighted by atomic mass is 10.1. The van der Waals surface area contributed by atoms with Gasteiger partial charge in [-0.2, -0.15) is 0 Å². The molecule has 2 amide bonds. The molecule has 1 aromatic carbocycles. The van der Waals surface area contributed by atoms with Crippen molar-refractivity contribution in [2.24, 2.45) is 5.18 Å². The number of amides is 2. The molecule has 8 nitrogen and oxygen atoms in total. The molecular formula is C15H16N4O4. The second-order valence-electron chi connectivity index (χ2n) is 4.85. The average Bonchev–Trinajstić information content (AvgIpc) is 3.01. The zero-order chi connectivity index (χ0) is 16.7. The summed E-state index contributed by atoms with van der Waals surface area (Å²) in [5.41, 5.74) is 1.66. The maximum Gasteiger partial charge on any atom is 0.407 e. The first-order valence-corrected chi connectivity index (χ1v) is 6.88. The lowest BCUT2D eigenvalue weighted by Crippen LogP contribution is -2.41. The SMILES string of the molecule is COC(=O)N[C@@H](Cc1cn(Cc2ccccc2)cn1)C(=O)N=O. The van der Waals surface area contributed by atoms with Crippen LogP contribution in [0.1, 0.15) is 11.3 Å². The Morgan fingerprint density at radius 2 is 2.09 bits per heavy atom. The minimum absolute atomic E-state index is 0.0570. The zero-order valence-electron chi connectivity index (χ0n) is 12.5. The van der Waals surface area contributed by atoms with Crippen LogP contribution in [-0.4, -0.2) is 34.7 Å². The Morgan fingerprint density at radius 3 is 2.74 bits per heavy atom. The van der Waals surface area contributed by atoms with Gasteiger partial charge in [-0.15, -0.1) is 4.91 Å². The Hall–Kier alpha value is -3.03. The van der Waals surface area contributed by atoms with E-state index in [1.165, 1.54) is 7.11 Å². The predicted molar refractivity (Wildman–Crippen MR) is 81.6 cm³/mol. The Labute approximate surface area is 132 Å². The van der Waals surface area contributed by atoms with E-state index in [2.05, 4.69) is 20.2 Å². The molecule has 8 heteroatoms. The number of imidazole rings is 1. The molecule has 2 rings (SSSR count). The molecule has 0 aliphatic carbocycles. The fraction of sp³-hybridized carbons (Fsp3) is 0.267. The first kappa shape index (κ1) is 16.3. The Morgan fingerprint density at radius 1 is 1.35 bits per heavy atom. The largest absolute Gasteiger partial charge is 0.453 e. The van der Waals surface area contributed by atoms with Gasteiger partial charge in [0.2, 0.25) is 0 Å². The minimum Gasteiger partial charge on any atom is -0.453 e. The molecule has 0 bridgehead atoms. The van der Waals surface area contributed by atoms with Crippen molar-refractivity contribution >= 4 is 12.0 Å². The molecule has 1 heterocycles. The van der Waals surface area contributed by atoms with E-state index in [0.717, 1.165) is 5.56 Å². The van der Waals surface area contributed by atoms with Crippen molar-refractivity contribution in [1.29, 1.82) is 0 Å². The van der Waals surface area contributed by atoms with E-state index in [1.54, 1.807) is 12.5 Å². The molecular weight excluding hydrogens is 300 g/mol. The summed E-state index contributed by atoms with van der Waals surface area (Å²) in [4.78, 5) is 37.3. The normalized spacial score (nSPS) is 11.5. The van der Waals surface area contributed by atoms with Crippen molar-refractivity contribution in [3.05, 3.63) is 59.0 Å². The van der Waals surface area contributed by atoms with E-state index in [0.29, 0.717) is 12.2 Å². The standard InChI is InChI=1S/C15H16N4O4/c1-23-15(21)17-13(14(20)18-22)7-12-9-19(10-16-12)8-11-5-3-2-4-6-11/h2-6,9-10,13H,7-8H2,1H3,(H,17,21)/t13-/m0/s1. The van der Waals surface area contributed by atoms with Crippen LogP contribution >= 0.6 is 0 Å². The average molecular weight is 316 g/mol. The van der Waals surface area contributed by atoms with Crippen LogP contribution in [0.3, 0.4) is 0 Å². The topological polar surface area (TPSA) is 103 Å². The highest BCUT2D eigenvalue weighted by Crippen LogP contribution is 2.07. The highest BCUT2D eigenvalue weighted by atomic mass is 16.5. The van der Waals surface area contributed by atoms with Crippen LogP contribution in [0.15, 0.2) is 48.0 Å². The number of hydrogen-bond acceptors (Lipinski definition) is 5. The van der Waals surface area contributed by atoms with Gasteiger partial charge in [0.05, 0.1) is 19.1 Å². The maximum absolute atomic E-state index is 11.5. The van der Waals surface area contributed by atoms with Gasteiger partial charge in [-0.1, -0.05) is 30.3 Å². The number of nitrogens with zero attached hydrogens (tertiary/aromatic N) is 3. The van der Waals surface area contributed by atoms with E-state index < -0.39 is 18.0 Å². The minimum atomic E-state index is -1.10. The molecule has 0 spiro atoms. The summed E-state index contributed by atoms with van der Waals surface area (Å²) in [5, 5.41) is 4.62. The smallest absolute Gasteiger partial charge is 0.407 e. The van der Waals surface area contributed by atoms with Crippen molar-refractivity contribution in [3.63, 3.8) is 0 Å². The molecule has 0 radical (unpaired) electrons. The van der Waals surface area contributed by atoms with Gasteiger partial charge >= 0.3 is 12.0 Å². The molecule has 1 N–H and O–H groups in total. The van der Waals surface area contributed by atoms with Crippen LogP contribution in [0.4, 0.5) is 4.79 Å².